The quantitative estimate of drug-likeness (QED) is 0.438. The molecular formula is C14H14ClF4NO2S. The van der Waals surface area contributed by atoms with Gasteiger partial charge in [-0.3, -0.25) is 0 Å². The summed E-state index contributed by atoms with van der Waals surface area (Å²) in [7, 11) is 1.17. The first kappa shape index (κ1) is 18.4. The van der Waals surface area contributed by atoms with E-state index >= 15 is 0 Å². The third kappa shape index (κ3) is 3.75. The van der Waals surface area contributed by atoms with E-state index in [1.165, 1.54) is 7.11 Å². The lowest BCUT2D eigenvalue weighted by Gasteiger charge is -2.16. The van der Waals surface area contributed by atoms with E-state index in [9.17, 15) is 17.6 Å². The lowest BCUT2D eigenvalue weighted by molar-refractivity contribution is 0.0152. The summed E-state index contributed by atoms with van der Waals surface area (Å²) in [5, 5.41) is 4.22. The maximum absolute atomic E-state index is 14.0. The summed E-state index contributed by atoms with van der Waals surface area (Å²) in [5.74, 6) is -5.88. The summed E-state index contributed by atoms with van der Waals surface area (Å²) in [5.41, 5.74) is -2.14. The van der Waals surface area contributed by atoms with Crippen molar-refractivity contribution in [3.05, 3.63) is 34.4 Å². The van der Waals surface area contributed by atoms with Crippen LogP contribution in [-0.4, -0.2) is 23.6 Å². The van der Waals surface area contributed by atoms with Gasteiger partial charge in [-0.1, -0.05) is 5.16 Å². The first-order valence-corrected chi connectivity index (χ1v) is 8.11. The highest BCUT2D eigenvalue weighted by molar-refractivity contribution is 8.13. The molecule has 3 nitrogen and oxygen atoms in total. The lowest BCUT2D eigenvalue weighted by Crippen LogP contribution is -2.26. The normalized spacial score (nSPS) is 20.6. The van der Waals surface area contributed by atoms with Crippen molar-refractivity contribution in [2.24, 2.45) is 5.16 Å². The van der Waals surface area contributed by atoms with Crippen LogP contribution in [0.2, 0.25) is 0 Å². The summed E-state index contributed by atoms with van der Waals surface area (Å²) in [6.45, 7) is 1.17. The summed E-state index contributed by atoms with van der Waals surface area (Å²) >= 11 is 6.67. The maximum Gasteiger partial charge on any atom is 0.167 e. The monoisotopic (exact) mass is 371 g/mol. The third-order valence-corrected chi connectivity index (χ3v) is 4.84. The molecule has 0 N–H and O–H groups in total. The predicted octanol–water partition coefficient (Wildman–Crippen LogP) is 4.35. The Kier molecular flexibility index (Phi) is 5.80. The molecular weight excluding hydrogens is 358 g/mol. The first-order chi connectivity index (χ1) is 10.8. The van der Waals surface area contributed by atoms with Crippen molar-refractivity contribution in [2.75, 3.05) is 13.0 Å². The molecule has 0 saturated heterocycles. The van der Waals surface area contributed by atoms with Gasteiger partial charge in [-0.25, -0.2) is 17.6 Å². The molecule has 0 aliphatic carbocycles. The van der Waals surface area contributed by atoms with E-state index in [-0.39, 0.29) is 11.6 Å². The van der Waals surface area contributed by atoms with E-state index in [0.29, 0.717) is 11.5 Å². The van der Waals surface area contributed by atoms with Crippen LogP contribution in [0.1, 0.15) is 24.5 Å². The maximum atomic E-state index is 14.0. The van der Waals surface area contributed by atoms with Crippen LogP contribution in [-0.2, 0) is 21.9 Å². The van der Waals surface area contributed by atoms with Gasteiger partial charge in [0.25, 0.3) is 0 Å². The zero-order chi connectivity index (χ0) is 17.2. The highest BCUT2D eigenvalue weighted by Gasteiger charge is 2.34. The fourth-order valence-corrected chi connectivity index (χ4v) is 3.18. The van der Waals surface area contributed by atoms with E-state index in [1.807, 2.05) is 0 Å². The van der Waals surface area contributed by atoms with Gasteiger partial charge in [0, 0.05) is 24.8 Å². The molecule has 0 amide bonds. The number of methoxy groups -OCH3 is 1. The van der Waals surface area contributed by atoms with Gasteiger partial charge in [0.05, 0.1) is 18.1 Å². The van der Waals surface area contributed by atoms with Gasteiger partial charge >= 0.3 is 0 Å². The average Bonchev–Trinajstić information content (AvgIpc) is 2.92. The number of alkyl halides is 1. The number of oxime groups is 1. The molecule has 0 aromatic heterocycles. The average molecular weight is 372 g/mol. The van der Waals surface area contributed by atoms with Crippen LogP contribution >= 0.6 is 23.4 Å². The first-order valence-electron chi connectivity index (χ1n) is 6.59. The van der Waals surface area contributed by atoms with Gasteiger partial charge in [-0.15, -0.1) is 23.4 Å². The lowest BCUT2D eigenvalue weighted by atomic mass is 10.1. The number of halogens is 5. The molecule has 0 radical (unpaired) electrons. The zero-order valence-electron chi connectivity index (χ0n) is 12.4. The Bertz CT molecular complexity index is 615. The molecule has 0 bridgehead atoms. The van der Waals surface area contributed by atoms with Crippen LogP contribution in [0, 0.1) is 23.3 Å². The Labute approximate surface area is 140 Å². The van der Waals surface area contributed by atoms with Crippen molar-refractivity contribution in [1.29, 1.82) is 0 Å². The van der Waals surface area contributed by atoms with Crippen LogP contribution in [0.4, 0.5) is 17.6 Å². The summed E-state index contributed by atoms with van der Waals surface area (Å²) in [6, 6.07) is 0. The van der Waals surface area contributed by atoms with Gasteiger partial charge < -0.3 is 9.57 Å². The van der Waals surface area contributed by atoms with E-state index in [2.05, 4.69) is 9.89 Å². The second kappa shape index (κ2) is 7.27. The molecule has 23 heavy (non-hydrogen) atoms. The molecule has 1 aliphatic rings. The van der Waals surface area contributed by atoms with Crippen molar-refractivity contribution in [3.8, 4) is 0 Å². The molecule has 1 aliphatic heterocycles. The Hall–Kier alpha value is -0.990. The Morgan fingerprint density at radius 3 is 2.22 bits per heavy atom. The van der Waals surface area contributed by atoms with Crippen molar-refractivity contribution >= 4 is 28.4 Å². The second-order valence-corrected chi connectivity index (χ2v) is 6.59. The molecule has 9 heteroatoms. The standard InChI is InChI=1S/C14H14ClF4NO2S/c1-14(6-15)3-9(20-22-14)23-5-8-12(18)10(16)7(4-21-2)11(17)13(8)19/h3-6H2,1-2H3. The molecule has 0 fully saturated rings. The molecule has 1 heterocycles. The number of hydrogen-bond donors (Lipinski definition) is 0. The predicted molar refractivity (Wildman–Crippen MR) is 80.5 cm³/mol. The highest BCUT2D eigenvalue weighted by atomic mass is 35.5. The van der Waals surface area contributed by atoms with E-state index in [4.69, 9.17) is 16.4 Å². The van der Waals surface area contributed by atoms with Crippen molar-refractivity contribution in [2.45, 2.75) is 31.3 Å². The van der Waals surface area contributed by atoms with Crippen LogP contribution in [0.25, 0.3) is 0 Å². The largest absolute Gasteiger partial charge is 0.387 e. The fourth-order valence-electron chi connectivity index (χ4n) is 1.97. The smallest absolute Gasteiger partial charge is 0.167 e. The van der Waals surface area contributed by atoms with E-state index < -0.39 is 46.6 Å². The van der Waals surface area contributed by atoms with Gasteiger partial charge in [0.1, 0.15) is 5.04 Å². The molecule has 0 spiro atoms. The molecule has 1 aromatic carbocycles. The number of benzene rings is 1. The van der Waals surface area contributed by atoms with Gasteiger partial charge in [-0.05, 0) is 6.92 Å². The number of hydrogen-bond acceptors (Lipinski definition) is 4. The molecule has 1 atom stereocenters. The van der Waals surface area contributed by atoms with Gasteiger partial charge in [0.15, 0.2) is 28.9 Å². The van der Waals surface area contributed by atoms with Gasteiger partial charge in [-0.2, -0.15) is 0 Å². The van der Waals surface area contributed by atoms with Crippen molar-refractivity contribution < 1.29 is 27.1 Å². The van der Waals surface area contributed by atoms with Crippen LogP contribution in [0.5, 0.6) is 0 Å². The minimum absolute atomic E-state index is 0.193. The summed E-state index contributed by atoms with van der Waals surface area (Å²) in [4.78, 5) is 5.13. The molecule has 2 rings (SSSR count). The molecule has 1 unspecified atom stereocenters. The minimum atomic E-state index is -1.45. The number of thioether (sulfide) groups is 1. The highest BCUT2D eigenvalue weighted by Crippen LogP contribution is 2.33. The van der Waals surface area contributed by atoms with Crippen LogP contribution in [0.15, 0.2) is 5.16 Å². The molecule has 1 aromatic rings. The fraction of sp³-hybridized carbons (Fsp3) is 0.500. The summed E-state index contributed by atoms with van der Waals surface area (Å²) < 4.78 is 60.2. The third-order valence-electron chi connectivity index (χ3n) is 3.29. The topological polar surface area (TPSA) is 30.8 Å². The Morgan fingerprint density at radius 2 is 1.74 bits per heavy atom. The SMILES string of the molecule is COCc1c(F)c(F)c(CSC2=NOC(C)(CCl)C2)c(F)c1F. The molecule has 128 valence electrons. The van der Waals surface area contributed by atoms with E-state index in [1.54, 1.807) is 6.92 Å². The van der Waals surface area contributed by atoms with Crippen LogP contribution < -0.4 is 0 Å². The zero-order valence-corrected chi connectivity index (χ0v) is 14.0. The second-order valence-electron chi connectivity index (χ2n) is 5.27. The van der Waals surface area contributed by atoms with Crippen LogP contribution in [0.3, 0.4) is 0 Å². The van der Waals surface area contributed by atoms with E-state index in [0.717, 1.165) is 11.8 Å². The Morgan fingerprint density at radius 1 is 1.17 bits per heavy atom. The van der Waals surface area contributed by atoms with Crippen molar-refractivity contribution in [3.63, 3.8) is 0 Å². The molecule has 0 saturated carbocycles. The van der Waals surface area contributed by atoms with Gasteiger partial charge in [0.2, 0.25) is 0 Å². The number of nitrogens with zero attached hydrogens (tertiary/aromatic N) is 1. The number of rotatable bonds is 5. The minimum Gasteiger partial charge on any atom is -0.387 e. The van der Waals surface area contributed by atoms with Crippen molar-refractivity contribution in [1.82, 2.24) is 0 Å². The Balaban J connectivity index is 2.18. The number of ether oxygens (including phenoxy) is 1. The summed E-state index contributed by atoms with van der Waals surface area (Å²) in [6.07, 6.45) is 0.358.